The van der Waals surface area contributed by atoms with Crippen molar-refractivity contribution in [1.82, 2.24) is 10.3 Å². The number of rotatable bonds is 2. The molecule has 1 unspecified atom stereocenters. The molecule has 100 valence electrons. The highest BCUT2D eigenvalue weighted by Gasteiger charge is 2.35. The van der Waals surface area contributed by atoms with Crippen LogP contribution in [0.1, 0.15) is 43.6 Å². The van der Waals surface area contributed by atoms with Crippen molar-refractivity contribution in [3.8, 4) is 0 Å². The lowest BCUT2D eigenvalue weighted by atomic mass is 9.87. The molecular formula is C13H20ClN3O. The number of carbonyl (C=O) groups is 1. The zero-order valence-electron chi connectivity index (χ0n) is 10.8. The molecule has 0 aliphatic heterocycles. The van der Waals surface area contributed by atoms with Crippen molar-refractivity contribution < 1.29 is 4.79 Å². The van der Waals surface area contributed by atoms with Crippen LogP contribution in [0.5, 0.6) is 0 Å². The quantitative estimate of drug-likeness (QED) is 0.866. The van der Waals surface area contributed by atoms with Crippen molar-refractivity contribution in [2.75, 3.05) is 5.73 Å². The van der Waals surface area contributed by atoms with Crippen LogP contribution in [0, 0.1) is 5.41 Å². The number of aromatic nitrogens is 1. The predicted octanol–water partition coefficient (Wildman–Crippen LogP) is 2.39. The number of nitrogens with zero attached hydrogens (tertiary/aromatic N) is 1. The Balaban J connectivity index is 0.00000162. The lowest BCUT2D eigenvalue weighted by Gasteiger charge is -2.27. The first-order valence-corrected chi connectivity index (χ1v) is 6.02. The van der Waals surface area contributed by atoms with Gasteiger partial charge in [0.2, 0.25) is 0 Å². The van der Waals surface area contributed by atoms with Gasteiger partial charge in [-0.3, -0.25) is 4.79 Å². The second kappa shape index (κ2) is 5.57. The molecule has 0 aromatic carbocycles. The summed E-state index contributed by atoms with van der Waals surface area (Å²) < 4.78 is 0. The minimum atomic E-state index is -0.128. The molecule has 0 saturated heterocycles. The lowest BCUT2D eigenvalue weighted by Crippen LogP contribution is -2.41. The van der Waals surface area contributed by atoms with Crippen molar-refractivity contribution in [2.24, 2.45) is 5.41 Å². The van der Waals surface area contributed by atoms with E-state index in [1.807, 2.05) is 0 Å². The minimum Gasteiger partial charge on any atom is -0.384 e. The zero-order valence-corrected chi connectivity index (χ0v) is 11.6. The van der Waals surface area contributed by atoms with Crippen molar-refractivity contribution in [3.63, 3.8) is 0 Å². The third-order valence-corrected chi connectivity index (χ3v) is 3.57. The van der Waals surface area contributed by atoms with Gasteiger partial charge < -0.3 is 11.1 Å². The van der Waals surface area contributed by atoms with Gasteiger partial charge in [-0.05, 0) is 30.4 Å². The van der Waals surface area contributed by atoms with E-state index in [4.69, 9.17) is 5.73 Å². The summed E-state index contributed by atoms with van der Waals surface area (Å²) in [5.74, 6) is 0.251. The van der Waals surface area contributed by atoms with E-state index in [1.54, 1.807) is 18.2 Å². The van der Waals surface area contributed by atoms with Crippen LogP contribution in [0.15, 0.2) is 18.2 Å². The van der Waals surface area contributed by atoms with Gasteiger partial charge in [0.05, 0.1) is 0 Å². The van der Waals surface area contributed by atoms with Crippen LogP contribution < -0.4 is 11.1 Å². The van der Waals surface area contributed by atoms with Gasteiger partial charge in [0.25, 0.3) is 5.91 Å². The van der Waals surface area contributed by atoms with E-state index < -0.39 is 0 Å². The van der Waals surface area contributed by atoms with E-state index in [2.05, 4.69) is 24.1 Å². The molecule has 5 heteroatoms. The Kier molecular flexibility index (Phi) is 4.57. The Hall–Kier alpha value is -1.29. The highest BCUT2D eigenvalue weighted by Crippen LogP contribution is 2.37. The summed E-state index contributed by atoms with van der Waals surface area (Å²) in [6.07, 6.45) is 3.37. The molecule has 1 amide bonds. The van der Waals surface area contributed by atoms with E-state index in [0.29, 0.717) is 11.5 Å². The molecule has 0 radical (unpaired) electrons. The Morgan fingerprint density at radius 3 is 2.78 bits per heavy atom. The summed E-state index contributed by atoms with van der Waals surface area (Å²) in [6, 6.07) is 5.35. The van der Waals surface area contributed by atoms with E-state index in [1.165, 1.54) is 6.42 Å². The SMILES string of the molecule is CC1(C)CCCC1NC(=O)c1cccc(N)n1.Cl. The fourth-order valence-electron chi connectivity index (χ4n) is 2.40. The summed E-state index contributed by atoms with van der Waals surface area (Å²) in [5.41, 5.74) is 6.14. The zero-order chi connectivity index (χ0) is 12.5. The normalized spacial score (nSPS) is 21.1. The molecular weight excluding hydrogens is 250 g/mol. The standard InChI is InChI=1S/C13H19N3O.ClH/c1-13(2)8-4-6-10(13)16-12(17)9-5-3-7-11(14)15-9;/h3,5,7,10H,4,6,8H2,1-2H3,(H2,14,15)(H,16,17);1H. The van der Waals surface area contributed by atoms with Crippen LogP contribution in [0.4, 0.5) is 5.82 Å². The molecule has 4 nitrogen and oxygen atoms in total. The number of hydrogen-bond acceptors (Lipinski definition) is 3. The number of amides is 1. The smallest absolute Gasteiger partial charge is 0.270 e. The number of nitrogen functional groups attached to an aromatic ring is 1. The monoisotopic (exact) mass is 269 g/mol. The Bertz CT molecular complexity index is 434. The molecule has 1 aromatic heterocycles. The van der Waals surface area contributed by atoms with Crippen LogP contribution in [0.2, 0.25) is 0 Å². The van der Waals surface area contributed by atoms with Crippen LogP contribution >= 0.6 is 12.4 Å². The maximum absolute atomic E-state index is 12.0. The molecule has 2 rings (SSSR count). The van der Waals surface area contributed by atoms with Gasteiger partial charge in [0.1, 0.15) is 11.5 Å². The van der Waals surface area contributed by atoms with Gasteiger partial charge in [-0.2, -0.15) is 0 Å². The van der Waals surface area contributed by atoms with Crippen molar-refractivity contribution >= 4 is 24.1 Å². The van der Waals surface area contributed by atoms with Crippen LogP contribution in [0.25, 0.3) is 0 Å². The number of pyridine rings is 1. The predicted molar refractivity (Wildman–Crippen MR) is 74.8 cm³/mol. The lowest BCUT2D eigenvalue weighted by molar-refractivity contribution is 0.0905. The van der Waals surface area contributed by atoms with E-state index >= 15 is 0 Å². The van der Waals surface area contributed by atoms with Crippen LogP contribution in [-0.2, 0) is 0 Å². The van der Waals surface area contributed by atoms with Crippen molar-refractivity contribution in [3.05, 3.63) is 23.9 Å². The van der Waals surface area contributed by atoms with Crippen molar-refractivity contribution in [1.29, 1.82) is 0 Å². The molecule has 3 N–H and O–H groups in total. The Labute approximate surface area is 114 Å². The summed E-state index contributed by atoms with van der Waals surface area (Å²) in [7, 11) is 0. The molecule has 1 fully saturated rings. The summed E-state index contributed by atoms with van der Waals surface area (Å²) in [4.78, 5) is 16.0. The van der Waals surface area contributed by atoms with E-state index in [-0.39, 0.29) is 29.8 Å². The minimum absolute atomic E-state index is 0. The first-order valence-electron chi connectivity index (χ1n) is 6.02. The Morgan fingerprint density at radius 1 is 1.50 bits per heavy atom. The topological polar surface area (TPSA) is 68.0 Å². The molecule has 0 spiro atoms. The first-order chi connectivity index (χ1) is 7.99. The number of nitrogens with one attached hydrogen (secondary N) is 1. The van der Waals surface area contributed by atoms with Crippen LogP contribution in [-0.4, -0.2) is 16.9 Å². The van der Waals surface area contributed by atoms with Gasteiger partial charge in [0, 0.05) is 6.04 Å². The van der Waals surface area contributed by atoms with Gasteiger partial charge >= 0.3 is 0 Å². The summed E-state index contributed by atoms with van der Waals surface area (Å²) >= 11 is 0. The van der Waals surface area contributed by atoms with Gasteiger partial charge in [0.15, 0.2) is 0 Å². The average molecular weight is 270 g/mol. The fraction of sp³-hybridized carbons (Fsp3) is 0.538. The second-order valence-electron chi connectivity index (χ2n) is 5.35. The first kappa shape index (κ1) is 14.8. The van der Waals surface area contributed by atoms with E-state index in [0.717, 1.165) is 12.8 Å². The third-order valence-electron chi connectivity index (χ3n) is 3.57. The summed E-state index contributed by atoms with van der Waals surface area (Å²) in [5, 5.41) is 3.06. The summed E-state index contributed by atoms with van der Waals surface area (Å²) in [6.45, 7) is 4.38. The second-order valence-corrected chi connectivity index (χ2v) is 5.35. The number of hydrogen-bond donors (Lipinski definition) is 2. The molecule has 1 saturated carbocycles. The highest BCUT2D eigenvalue weighted by atomic mass is 35.5. The molecule has 1 aromatic rings. The molecule has 0 bridgehead atoms. The largest absolute Gasteiger partial charge is 0.384 e. The average Bonchev–Trinajstić information content (AvgIpc) is 2.58. The fourth-order valence-corrected chi connectivity index (χ4v) is 2.40. The molecule has 1 heterocycles. The molecule has 1 aliphatic carbocycles. The maximum atomic E-state index is 12.0. The third kappa shape index (κ3) is 3.13. The van der Waals surface area contributed by atoms with Gasteiger partial charge in [-0.1, -0.05) is 26.3 Å². The Morgan fingerprint density at radius 2 is 2.22 bits per heavy atom. The van der Waals surface area contributed by atoms with Gasteiger partial charge in [-0.15, -0.1) is 12.4 Å². The number of nitrogens with two attached hydrogens (primary N) is 1. The molecule has 18 heavy (non-hydrogen) atoms. The van der Waals surface area contributed by atoms with Gasteiger partial charge in [-0.25, -0.2) is 4.98 Å². The van der Waals surface area contributed by atoms with Crippen LogP contribution in [0.3, 0.4) is 0 Å². The maximum Gasteiger partial charge on any atom is 0.270 e. The highest BCUT2D eigenvalue weighted by molar-refractivity contribution is 5.92. The van der Waals surface area contributed by atoms with E-state index in [9.17, 15) is 4.79 Å². The number of anilines is 1. The number of halogens is 1. The van der Waals surface area contributed by atoms with Crippen molar-refractivity contribution in [2.45, 2.75) is 39.2 Å². The molecule has 1 atom stereocenters. The molecule has 1 aliphatic rings. The number of carbonyl (C=O) groups excluding carboxylic acids is 1.